The quantitative estimate of drug-likeness (QED) is 0.829. The zero-order valence-electron chi connectivity index (χ0n) is 10.1. The SMILES string of the molecule is COc1ccccc1CNc1ccc(Cl)cc1N. The molecule has 0 aromatic heterocycles. The fourth-order valence-electron chi connectivity index (χ4n) is 1.73. The highest BCUT2D eigenvalue weighted by Gasteiger charge is 2.03. The van der Waals surface area contributed by atoms with Gasteiger partial charge in [-0.25, -0.2) is 0 Å². The lowest BCUT2D eigenvalue weighted by Crippen LogP contribution is -2.03. The third-order valence-corrected chi connectivity index (χ3v) is 2.91. The maximum absolute atomic E-state index is 5.88. The number of anilines is 2. The number of hydrogen-bond donors (Lipinski definition) is 2. The highest BCUT2D eigenvalue weighted by Crippen LogP contribution is 2.24. The smallest absolute Gasteiger partial charge is 0.123 e. The Bertz CT molecular complexity index is 543. The molecule has 0 amide bonds. The van der Waals surface area contributed by atoms with Crippen molar-refractivity contribution in [3.63, 3.8) is 0 Å². The molecular weight excluding hydrogens is 248 g/mol. The summed E-state index contributed by atoms with van der Waals surface area (Å²) in [5.41, 5.74) is 8.46. The normalized spacial score (nSPS) is 10.1. The average molecular weight is 263 g/mol. The number of methoxy groups -OCH3 is 1. The van der Waals surface area contributed by atoms with Crippen LogP contribution in [0.25, 0.3) is 0 Å². The van der Waals surface area contributed by atoms with E-state index in [1.165, 1.54) is 0 Å². The second-order valence-electron chi connectivity index (χ2n) is 3.90. The second-order valence-corrected chi connectivity index (χ2v) is 4.33. The van der Waals surface area contributed by atoms with Crippen molar-refractivity contribution < 1.29 is 4.74 Å². The lowest BCUT2D eigenvalue weighted by atomic mass is 10.2. The molecule has 0 bridgehead atoms. The summed E-state index contributed by atoms with van der Waals surface area (Å²) in [7, 11) is 1.66. The number of para-hydroxylation sites is 1. The Morgan fingerprint density at radius 2 is 2.00 bits per heavy atom. The lowest BCUT2D eigenvalue weighted by molar-refractivity contribution is 0.410. The predicted molar refractivity (Wildman–Crippen MR) is 76.2 cm³/mol. The van der Waals surface area contributed by atoms with E-state index in [1.54, 1.807) is 13.2 Å². The number of nitrogens with one attached hydrogen (secondary N) is 1. The molecule has 4 heteroatoms. The first-order chi connectivity index (χ1) is 8.70. The predicted octanol–water partition coefficient (Wildman–Crippen LogP) is 3.54. The molecule has 94 valence electrons. The molecule has 2 rings (SSSR count). The van der Waals surface area contributed by atoms with Crippen molar-refractivity contribution in [1.82, 2.24) is 0 Å². The van der Waals surface area contributed by atoms with Crippen LogP contribution >= 0.6 is 11.6 Å². The van der Waals surface area contributed by atoms with Crippen molar-refractivity contribution >= 4 is 23.0 Å². The summed E-state index contributed by atoms with van der Waals surface area (Å²) in [6.45, 7) is 0.649. The van der Waals surface area contributed by atoms with Crippen molar-refractivity contribution in [1.29, 1.82) is 0 Å². The minimum absolute atomic E-state index is 0.635. The lowest BCUT2D eigenvalue weighted by Gasteiger charge is -2.12. The Morgan fingerprint density at radius 1 is 1.22 bits per heavy atom. The van der Waals surface area contributed by atoms with E-state index in [1.807, 2.05) is 36.4 Å². The summed E-state index contributed by atoms with van der Waals surface area (Å²) in [5, 5.41) is 3.90. The molecule has 3 nitrogen and oxygen atoms in total. The van der Waals surface area contributed by atoms with Crippen LogP contribution in [0.2, 0.25) is 5.02 Å². The number of ether oxygens (including phenoxy) is 1. The summed E-state index contributed by atoms with van der Waals surface area (Å²) in [4.78, 5) is 0. The van der Waals surface area contributed by atoms with Gasteiger partial charge in [0.1, 0.15) is 5.75 Å². The van der Waals surface area contributed by atoms with Crippen LogP contribution in [0.4, 0.5) is 11.4 Å². The van der Waals surface area contributed by atoms with Crippen LogP contribution in [-0.4, -0.2) is 7.11 Å². The molecule has 0 heterocycles. The van der Waals surface area contributed by atoms with Crippen LogP contribution in [0.1, 0.15) is 5.56 Å². The van der Waals surface area contributed by atoms with E-state index in [4.69, 9.17) is 22.1 Å². The number of rotatable bonds is 4. The van der Waals surface area contributed by atoms with Gasteiger partial charge in [0.15, 0.2) is 0 Å². The summed E-state index contributed by atoms with van der Waals surface area (Å²) >= 11 is 5.85. The monoisotopic (exact) mass is 262 g/mol. The number of nitrogen functional groups attached to an aromatic ring is 1. The van der Waals surface area contributed by atoms with Gasteiger partial charge in [-0.3, -0.25) is 0 Å². The van der Waals surface area contributed by atoms with E-state index in [0.29, 0.717) is 17.3 Å². The molecule has 0 aliphatic heterocycles. The Hall–Kier alpha value is -1.87. The van der Waals surface area contributed by atoms with Crippen molar-refractivity contribution in [2.75, 3.05) is 18.2 Å². The van der Waals surface area contributed by atoms with Gasteiger partial charge < -0.3 is 15.8 Å². The number of halogens is 1. The molecule has 2 aromatic rings. The highest BCUT2D eigenvalue weighted by molar-refractivity contribution is 6.31. The van der Waals surface area contributed by atoms with Crippen molar-refractivity contribution in [3.05, 3.63) is 53.1 Å². The molecule has 3 N–H and O–H groups in total. The molecule has 18 heavy (non-hydrogen) atoms. The first-order valence-electron chi connectivity index (χ1n) is 5.61. The first kappa shape index (κ1) is 12.6. The topological polar surface area (TPSA) is 47.3 Å². The highest BCUT2D eigenvalue weighted by atomic mass is 35.5. The molecule has 0 aliphatic carbocycles. The van der Waals surface area contributed by atoms with Crippen LogP contribution in [0, 0.1) is 0 Å². The number of benzene rings is 2. The average Bonchev–Trinajstić information content (AvgIpc) is 2.38. The van der Waals surface area contributed by atoms with Crippen LogP contribution in [-0.2, 0) is 6.54 Å². The third kappa shape index (κ3) is 2.87. The molecule has 2 aromatic carbocycles. The van der Waals surface area contributed by atoms with Crippen LogP contribution in [0.15, 0.2) is 42.5 Å². The van der Waals surface area contributed by atoms with Crippen molar-refractivity contribution in [3.8, 4) is 5.75 Å². The van der Waals surface area contributed by atoms with Gasteiger partial charge in [0.25, 0.3) is 0 Å². The Balaban J connectivity index is 2.11. The minimum atomic E-state index is 0.635. The molecule has 0 unspecified atom stereocenters. The zero-order chi connectivity index (χ0) is 13.0. The Labute approximate surface area is 112 Å². The van der Waals surface area contributed by atoms with E-state index in [0.717, 1.165) is 17.0 Å². The second kappa shape index (κ2) is 5.65. The van der Waals surface area contributed by atoms with Gasteiger partial charge in [-0.05, 0) is 24.3 Å². The van der Waals surface area contributed by atoms with Gasteiger partial charge in [0.05, 0.1) is 18.5 Å². The summed E-state index contributed by atoms with van der Waals surface area (Å²) in [6.07, 6.45) is 0. The Morgan fingerprint density at radius 3 is 2.72 bits per heavy atom. The summed E-state index contributed by atoms with van der Waals surface area (Å²) < 4.78 is 5.29. The van der Waals surface area contributed by atoms with E-state index < -0.39 is 0 Å². The molecular formula is C14H15ClN2O. The fraction of sp³-hybridized carbons (Fsp3) is 0.143. The fourth-order valence-corrected chi connectivity index (χ4v) is 1.91. The van der Waals surface area contributed by atoms with Gasteiger partial charge in [0, 0.05) is 17.1 Å². The minimum Gasteiger partial charge on any atom is -0.496 e. The van der Waals surface area contributed by atoms with Crippen LogP contribution in [0.5, 0.6) is 5.75 Å². The third-order valence-electron chi connectivity index (χ3n) is 2.68. The molecule has 0 saturated heterocycles. The maximum Gasteiger partial charge on any atom is 0.123 e. The van der Waals surface area contributed by atoms with Crippen LogP contribution in [0.3, 0.4) is 0 Å². The summed E-state index contributed by atoms with van der Waals surface area (Å²) in [6, 6.07) is 13.3. The standard InChI is InChI=1S/C14H15ClN2O/c1-18-14-5-3-2-4-10(14)9-17-13-7-6-11(15)8-12(13)16/h2-8,17H,9,16H2,1H3. The van der Waals surface area contributed by atoms with E-state index >= 15 is 0 Å². The van der Waals surface area contributed by atoms with Crippen LogP contribution < -0.4 is 15.8 Å². The molecule has 0 spiro atoms. The van der Waals surface area contributed by atoms with E-state index in [9.17, 15) is 0 Å². The van der Waals surface area contributed by atoms with Gasteiger partial charge in [-0.1, -0.05) is 29.8 Å². The van der Waals surface area contributed by atoms with Gasteiger partial charge >= 0.3 is 0 Å². The van der Waals surface area contributed by atoms with Gasteiger partial charge in [0.2, 0.25) is 0 Å². The molecule has 0 fully saturated rings. The van der Waals surface area contributed by atoms with Crippen molar-refractivity contribution in [2.24, 2.45) is 0 Å². The largest absolute Gasteiger partial charge is 0.496 e. The number of hydrogen-bond acceptors (Lipinski definition) is 3. The van der Waals surface area contributed by atoms with E-state index in [-0.39, 0.29) is 0 Å². The first-order valence-corrected chi connectivity index (χ1v) is 5.99. The summed E-state index contributed by atoms with van der Waals surface area (Å²) in [5.74, 6) is 0.859. The van der Waals surface area contributed by atoms with Gasteiger partial charge in [-0.2, -0.15) is 0 Å². The molecule has 0 aliphatic rings. The zero-order valence-corrected chi connectivity index (χ0v) is 10.9. The Kier molecular flexibility index (Phi) is 3.95. The van der Waals surface area contributed by atoms with Crippen molar-refractivity contribution in [2.45, 2.75) is 6.54 Å². The maximum atomic E-state index is 5.88. The van der Waals surface area contributed by atoms with E-state index in [2.05, 4.69) is 5.32 Å². The molecule has 0 saturated carbocycles. The molecule has 0 radical (unpaired) electrons. The van der Waals surface area contributed by atoms with Gasteiger partial charge in [-0.15, -0.1) is 0 Å². The number of nitrogens with two attached hydrogens (primary N) is 1. The molecule has 0 atom stereocenters.